The fourth-order valence-electron chi connectivity index (χ4n) is 5.45. The fourth-order valence-corrected chi connectivity index (χ4v) is 5.45. The number of amides is 1. The van der Waals surface area contributed by atoms with Gasteiger partial charge in [-0.15, -0.1) is 0 Å². The van der Waals surface area contributed by atoms with Crippen LogP contribution in [0.15, 0.2) is 17.5 Å². The van der Waals surface area contributed by atoms with Gasteiger partial charge in [-0.05, 0) is 45.4 Å². The molecule has 1 amide bonds. The molecule has 3 N–H and O–H groups in total. The van der Waals surface area contributed by atoms with Crippen LogP contribution in [0.2, 0.25) is 0 Å². The van der Waals surface area contributed by atoms with E-state index in [0.29, 0.717) is 6.04 Å². The number of primary amides is 1. The Morgan fingerprint density at radius 1 is 1.23 bits per heavy atom. The molecule has 5 rings (SSSR count). The molecule has 1 aliphatic heterocycles. The number of oxime groups is 1. The Hall–Kier alpha value is -2.64. The molecule has 8 nitrogen and oxygen atoms in total. The van der Waals surface area contributed by atoms with Gasteiger partial charge in [0, 0.05) is 36.7 Å². The zero-order valence-electron chi connectivity index (χ0n) is 18.3. The van der Waals surface area contributed by atoms with Crippen molar-refractivity contribution in [1.82, 2.24) is 14.8 Å². The molecule has 2 aromatic heterocycles. The lowest BCUT2D eigenvalue weighted by molar-refractivity contribution is -0.125. The van der Waals surface area contributed by atoms with E-state index in [-0.39, 0.29) is 17.4 Å². The summed E-state index contributed by atoms with van der Waals surface area (Å²) in [4.78, 5) is 22.3. The van der Waals surface area contributed by atoms with Crippen LogP contribution in [0.5, 0.6) is 0 Å². The number of carbonyl (C=O) groups is 1. The normalized spacial score (nSPS) is 26.7. The summed E-state index contributed by atoms with van der Waals surface area (Å²) in [5.74, 6) is -0.241. The van der Waals surface area contributed by atoms with E-state index in [0.717, 1.165) is 66.6 Å². The predicted octanol–water partition coefficient (Wildman–Crippen LogP) is 3.73. The van der Waals surface area contributed by atoms with Crippen molar-refractivity contribution in [2.45, 2.75) is 89.3 Å². The van der Waals surface area contributed by atoms with Gasteiger partial charge in [0.1, 0.15) is 5.60 Å². The number of nitrogens with two attached hydrogens (primary N) is 1. The molecular weight excluding hydrogens is 392 g/mol. The summed E-state index contributed by atoms with van der Waals surface area (Å²) >= 11 is 0. The molecule has 3 aliphatic rings. The lowest BCUT2D eigenvalue weighted by Gasteiger charge is -2.33. The molecule has 0 unspecified atom stereocenters. The first-order valence-corrected chi connectivity index (χ1v) is 11.7. The monoisotopic (exact) mass is 424 g/mol. The van der Waals surface area contributed by atoms with Crippen LogP contribution in [0.3, 0.4) is 0 Å². The van der Waals surface area contributed by atoms with Crippen molar-refractivity contribution < 1.29 is 9.63 Å². The summed E-state index contributed by atoms with van der Waals surface area (Å²) in [6, 6.07) is 0.464. The van der Waals surface area contributed by atoms with Crippen LogP contribution in [0.25, 0.3) is 11.0 Å². The lowest BCUT2D eigenvalue weighted by atomic mass is 9.76. The number of nitrogens with one attached hydrogen (secondary N) is 1. The maximum absolute atomic E-state index is 11.6. The van der Waals surface area contributed by atoms with E-state index in [2.05, 4.69) is 22.5 Å². The average molecular weight is 425 g/mol. The van der Waals surface area contributed by atoms with Gasteiger partial charge in [0.05, 0.1) is 23.0 Å². The molecule has 0 aromatic carbocycles. The van der Waals surface area contributed by atoms with E-state index in [1.165, 1.54) is 32.1 Å². The first-order valence-electron chi connectivity index (χ1n) is 11.7. The Labute approximate surface area is 182 Å². The van der Waals surface area contributed by atoms with Crippen LogP contribution in [0.4, 0.5) is 5.69 Å². The number of rotatable bonds is 5. The molecule has 2 saturated carbocycles. The van der Waals surface area contributed by atoms with Gasteiger partial charge in [-0.3, -0.25) is 4.79 Å². The Morgan fingerprint density at radius 3 is 2.71 bits per heavy atom. The topological polar surface area (TPSA) is 107 Å². The first-order chi connectivity index (χ1) is 15.1. The standard InChI is InChI=1S/C23H32N6O2/c1-2-29-22-18(14-26-29)20(27-16-6-4-3-5-7-16)17(13-25-22)19-12-23(31-28-19)10-8-15(9-11-23)21(24)30/h13-16H,2-12H2,1H3,(H2,24,30)(H,25,27). The largest absolute Gasteiger partial charge is 0.389 e. The summed E-state index contributed by atoms with van der Waals surface area (Å²) < 4.78 is 1.94. The molecule has 1 spiro atoms. The van der Waals surface area contributed by atoms with Crippen LogP contribution in [0, 0.1) is 5.92 Å². The van der Waals surface area contributed by atoms with Crippen molar-refractivity contribution in [1.29, 1.82) is 0 Å². The van der Waals surface area contributed by atoms with E-state index in [1.54, 1.807) is 0 Å². The third-order valence-electron chi connectivity index (χ3n) is 7.37. The van der Waals surface area contributed by atoms with Crippen LogP contribution >= 0.6 is 0 Å². The number of carbonyl (C=O) groups excluding carboxylic acids is 1. The lowest BCUT2D eigenvalue weighted by Crippen LogP contribution is -2.38. The van der Waals surface area contributed by atoms with Crippen LogP contribution < -0.4 is 11.1 Å². The van der Waals surface area contributed by atoms with Gasteiger partial charge < -0.3 is 15.9 Å². The zero-order chi connectivity index (χ0) is 21.4. The van der Waals surface area contributed by atoms with Crippen LogP contribution in [0.1, 0.15) is 76.7 Å². The summed E-state index contributed by atoms with van der Waals surface area (Å²) in [5.41, 5.74) is 9.15. The van der Waals surface area contributed by atoms with Crippen molar-refractivity contribution in [3.05, 3.63) is 18.0 Å². The maximum atomic E-state index is 11.6. The number of aromatic nitrogens is 3. The first kappa shape index (κ1) is 20.3. The van der Waals surface area contributed by atoms with Gasteiger partial charge in [-0.2, -0.15) is 5.10 Å². The molecule has 0 radical (unpaired) electrons. The van der Waals surface area contributed by atoms with Gasteiger partial charge in [-0.1, -0.05) is 24.4 Å². The number of nitrogens with zero attached hydrogens (tertiary/aromatic N) is 4. The zero-order valence-corrected chi connectivity index (χ0v) is 18.3. The quantitative estimate of drug-likeness (QED) is 0.760. The van der Waals surface area contributed by atoms with Crippen LogP contribution in [-0.4, -0.2) is 38.0 Å². The molecule has 8 heteroatoms. The average Bonchev–Trinajstić information content (AvgIpc) is 3.39. The minimum absolute atomic E-state index is 0.0419. The van der Waals surface area contributed by atoms with Crippen molar-refractivity contribution in [2.24, 2.45) is 16.8 Å². The minimum Gasteiger partial charge on any atom is -0.389 e. The van der Waals surface area contributed by atoms with E-state index >= 15 is 0 Å². The molecule has 0 atom stereocenters. The van der Waals surface area contributed by atoms with Crippen molar-refractivity contribution in [3.63, 3.8) is 0 Å². The minimum atomic E-state index is -0.314. The van der Waals surface area contributed by atoms with Gasteiger partial charge in [-0.25, -0.2) is 9.67 Å². The van der Waals surface area contributed by atoms with E-state index in [1.807, 2.05) is 17.1 Å². The number of fused-ring (bicyclic) bond motifs is 1. The Morgan fingerprint density at radius 2 is 2.00 bits per heavy atom. The predicted molar refractivity (Wildman–Crippen MR) is 120 cm³/mol. The fraction of sp³-hybridized carbons (Fsp3) is 0.652. The molecule has 2 fully saturated rings. The van der Waals surface area contributed by atoms with Crippen molar-refractivity contribution in [2.75, 3.05) is 5.32 Å². The second-order valence-corrected chi connectivity index (χ2v) is 9.39. The number of anilines is 1. The van der Waals surface area contributed by atoms with Crippen molar-refractivity contribution >= 4 is 28.3 Å². The highest BCUT2D eigenvalue weighted by molar-refractivity contribution is 6.10. The molecule has 2 aliphatic carbocycles. The SMILES string of the molecule is CCn1ncc2c(NC3CCCCC3)c(C3=NOC4(CCC(C(N)=O)CC4)C3)cnc21. The Kier molecular flexibility index (Phi) is 5.32. The summed E-state index contributed by atoms with van der Waals surface area (Å²) in [5, 5.41) is 14.0. The van der Waals surface area contributed by atoms with Gasteiger partial charge in [0.15, 0.2) is 5.65 Å². The molecule has 31 heavy (non-hydrogen) atoms. The number of pyridine rings is 1. The van der Waals surface area contributed by atoms with Crippen LogP contribution in [-0.2, 0) is 16.2 Å². The second-order valence-electron chi connectivity index (χ2n) is 9.39. The molecule has 2 aromatic rings. The summed E-state index contributed by atoms with van der Waals surface area (Å²) in [7, 11) is 0. The van der Waals surface area contributed by atoms with E-state index < -0.39 is 0 Å². The molecule has 0 bridgehead atoms. The molecule has 0 saturated heterocycles. The van der Waals surface area contributed by atoms with E-state index in [9.17, 15) is 4.79 Å². The number of aryl methyl sites for hydroxylation is 1. The van der Waals surface area contributed by atoms with Crippen molar-refractivity contribution in [3.8, 4) is 0 Å². The third kappa shape index (κ3) is 3.77. The molecule has 3 heterocycles. The van der Waals surface area contributed by atoms with Gasteiger partial charge in [0.25, 0.3) is 0 Å². The van der Waals surface area contributed by atoms with Gasteiger partial charge in [0.2, 0.25) is 5.91 Å². The Bertz CT molecular complexity index is 999. The smallest absolute Gasteiger partial charge is 0.220 e. The highest BCUT2D eigenvalue weighted by Crippen LogP contribution is 2.43. The molecule has 166 valence electrons. The maximum Gasteiger partial charge on any atom is 0.220 e. The number of hydrogen-bond acceptors (Lipinski definition) is 6. The second kappa shape index (κ2) is 8.13. The third-order valence-corrected chi connectivity index (χ3v) is 7.37. The Balaban J connectivity index is 1.44. The van der Waals surface area contributed by atoms with Gasteiger partial charge >= 0.3 is 0 Å². The number of hydrogen-bond donors (Lipinski definition) is 2. The summed E-state index contributed by atoms with van der Waals surface area (Å²) in [6.45, 7) is 2.87. The summed E-state index contributed by atoms with van der Waals surface area (Å²) in [6.07, 6.45) is 14.0. The highest BCUT2D eigenvalue weighted by atomic mass is 16.7. The highest BCUT2D eigenvalue weighted by Gasteiger charge is 2.44. The molecular formula is C23H32N6O2. The van der Waals surface area contributed by atoms with E-state index in [4.69, 9.17) is 15.6 Å².